The van der Waals surface area contributed by atoms with Crippen molar-refractivity contribution < 1.29 is 14.7 Å². The minimum Gasteiger partial charge on any atom is -0.388 e. The summed E-state index contributed by atoms with van der Waals surface area (Å²) in [5.41, 5.74) is 0.855. The summed E-state index contributed by atoms with van der Waals surface area (Å²) in [6.07, 6.45) is 3.03. The van der Waals surface area contributed by atoms with Gasteiger partial charge >= 0.3 is 0 Å². The number of nitrogens with zero attached hydrogens (tertiary/aromatic N) is 7. The van der Waals surface area contributed by atoms with Crippen molar-refractivity contribution in [1.29, 1.82) is 0 Å². The van der Waals surface area contributed by atoms with Gasteiger partial charge in [-0.3, -0.25) is 23.9 Å². The normalized spacial score (nSPS) is 18.2. The summed E-state index contributed by atoms with van der Waals surface area (Å²) in [6, 6.07) is 15.1. The molecule has 46 heavy (non-hydrogen) atoms. The zero-order valence-electron chi connectivity index (χ0n) is 27.0. The molecule has 2 saturated heterocycles. The summed E-state index contributed by atoms with van der Waals surface area (Å²) in [7, 11) is 1.69. The first-order valence-electron chi connectivity index (χ1n) is 16.3. The Balaban J connectivity index is 1.09. The largest absolute Gasteiger partial charge is 0.388 e. The number of azo groups is 1. The van der Waals surface area contributed by atoms with E-state index >= 15 is 0 Å². The number of fused-ring (bicyclic) bond motifs is 1. The number of rotatable bonds is 12. The lowest BCUT2D eigenvalue weighted by molar-refractivity contribution is -0.136. The summed E-state index contributed by atoms with van der Waals surface area (Å²) < 4.78 is 1.45. The number of piperidine rings is 1. The van der Waals surface area contributed by atoms with Crippen molar-refractivity contribution in [3.8, 4) is 0 Å². The standard InChI is InChI=1S/C34H46N8O4/c1-26(27-6-4-3-5-7-27)22-32(44)41-15-11-34(46,12-16-41)24-42-25-36-30-23-28(8-9-29(30)33(42)45)38-31(43)10-14-39-18-20-40(21-19-39)17-13-37-35-2/h3-9,23,25-26,46H,10-22,24H2,1-2H3,(H,38,43)/t26-/m1/s1. The second-order valence-corrected chi connectivity index (χ2v) is 12.6. The van der Waals surface area contributed by atoms with Gasteiger partial charge in [0.25, 0.3) is 5.56 Å². The van der Waals surface area contributed by atoms with Crippen LogP contribution in [0.4, 0.5) is 5.69 Å². The van der Waals surface area contributed by atoms with Gasteiger partial charge in [-0.1, -0.05) is 37.3 Å². The Morgan fingerprint density at radius 1 is 1.00 bits per heavy atom. The Labute approximate surface area is 270 Å². The average Bonchev–Trinajstić information content (AvgIpc) is 3.06. The third-order valence-corrected chi connectivity index (χ3v) is 9.25. The van der Waals surface area contributed by atoms with Crippen molar-refractivity contribution >= 4 is 28.4 Å². The van der Waals surface area contributed by atoms with Crippen LogP contribution in [0.1, 0.15) is 44.1 Å². The third-order valence-electron chi connectivity index (χ3n) is 9.25. The summed E-state index contributed by atoms with van der Waals surface area (Å²) >= 11 is 0. The highest BCUT2D eigenvalue weighted by Crippen LogP contribution is 2.27. The molecule has 0 saturated carbocycles. The number of aliphatic hydroxyl groups is 1. The van der Waals surface area contributed by atoms with E-state index in [9.17, 15) is 19.5 Å². The molecule has 3 aromatic rings. The van der Waals surface area contributed by atoms with Crippen LogP contribution in [0.25, 0.3) is 10.9 Å². The molecule has 0 bridgehead atoms. The number of likely N-dealkylation sites (tertiary alicyclic amines) is 1. The number of amides is 2. The minimum atomic E-state index is -1.11. The Kier molecular flexibility index (Phi) is 11.3. The van der Waals surface area contributed by atoms with E-state index in [4.69, 9.17) is 0 Å². The van der Waals surface area contributed by atoms with E-state index < -0.39 is 5.60 Å². The molecule has 0 unspecified atom stereocenters. The minimum absolute atomic E-state index is 0.0796. The second kappa shape index (κ2) is 15.5. The number of hydrogen-bond acceptors (Lipinski definition) is 9. The molecule has 2 N–H and O–H groups in total. The van der Waals surface area contributed by atoms with Crippen LogP contribution >= 0.6 is 0 Å². The molecule has 2 aliphatic rings. The predicted octanol–water partition coefficient (Wildman–Crippen LogP) is 2.97. The summed E-state index contributed by atoms with van der Waals surface area (Å²) in [6.45, 7) is 9.11. The van der Waals surface area contributed by atoms with Gasteiger partial charge in [0.2, 0.25) is 11.8 Å². The first-order valence-corrected chi connectivity index (χ1v) is 16.3. The Bertz CT molecular complexity index is 1560. The number of aromatic nitrogens is 2. The molecule has 2 aromatic carbocycles. The monoisotopic (exact) mass is 630 g/mol. The molecule has 12 nitrogen and oxygen atoms in total. The number of benzene rings is 2. The molecular weight excluding hydrogens is 584 g/mol. The average molecular weight is 631 g/mol. The molecule has 2 aliphatic heterocycles. The fourth-order valence-electron chi connectivity index (χ4n) is 6.29. The van der Waals surface area contributed by atoms with Crippen molar-refractivity contribution in [3.05, 3.63) is 70.8 Å². The van der Waals surface area contributed by atoms with Crippen LogP contribution in [0.5, 0.6) is 0 Å². The number of nitrogens with one attached hydrogen (secondary N) is 1. The maximum Gasteiger partial charge on any atom is 0.261 e. The van der Waals surface area contributed by atoms with Crippen LogP contribution in [0.15, 0.2) is 69.9 Å². The highest BCUT2D eigenvalue weighted by atomic mass is 16.3. The zero-order valence-corrected chi connectivity index (χ0v) is 27.0. The highest BCUT2D eigenvalue weighted by Gasteiger charge is 2.35. The van der Waals surface area contributed by atoms with Crippen molar-refractivity contribution in [2.24, 2.45) is 10.2 Å². The highest BCUT2D eigenvalue weighted by molar-refractivity contribution is 5.93. The van der Waals surface area contributed by atoms with E-state index in [1.165, 1.54) is 10.9 Å². The number of piperazine rings is 1. The van der Waals surface area contributed by atoms with Crippen LogP contribution < -0.4 is 10.9 Å². The topological polar surface area (TPSA) is 136 Å². The molecule has 3 heterocycles. The molecule has 0 radical (unpaired) electrons. The van der Waals surface area contributed by atoms with Crippen molar-refractivity contribution in [1.82, 2.24) is 24.3 Å². The van der Waals surface area contributed by atoms with Gasteiger partial charge in [-0.25, -0.2) is 4.98 Å². The van der Waals surface area contributed by atoms with Crippen molar-refractivity contribution in [3.63, 3.8) is 0 Å². The van der Waals surface area contributed by atoms with Gasteiger partial charge in [0.05, 0.1) is 35.9 Å². The third kappa shape index (κ3) is 8.83. The van der Waals surface area contributed by atoms with E-state index in [0.717, 1.165) is 38.3 Å². The maximum atomic E-state index is 13.3. The predicted molar refractivity (Wildman–Crippen MR) is 178 cm³/mol. The molecule has 1 aromatic heterocycles. The fourth-order valence-corrected chi connectivity index (χ4v) is 6.29. The molecule has 5 rings (SSSR count). The maximum absolute atomic E-state index is 13.3. The number of hydrogen-bond donors (Lipinski definition) is 2. The lowest BCUT2D eigenvalue weighted by atomic mass is 9.90. The molecule has 0 spiro atoms. The van der Waals surface area contributed by atoms with Gasteiger partial charge in [-0.05, 0) is 42.5 Å². The Morgan fingerprint density at radius 2 is 1.70 bits per heavy atom. The van der Waals surface area contributed by atoms with E-state index in [1.54, 1.807) is 25.2 Å². The second-order valence-electron chi connectivity index (χ2n) is 12.6. The number of anilines is 1. The molecule has 12 heteroatoms. The molecule has 246 valence electrons. The van der Waals surface area contributed by atoms with Crippen LogP contribution in [0, 0.1) is 0 Å². The number of carbonyl (C=O) groups is 2. The van der Waals surface area contributed by atoms with Crippen LogP contribution in [0.2, 0.25) is 0 Å². The smallest absolute Gasteiger partial charge is 0.261 e. The summed E-state index contributed by atoms with van der Waals surface area (Å²) in [5, 5.41) is 22.5. The summed E-state index contributed by atoms with van der Waals surface area (Å²) in [4.78, 5) is 49.9. The van der Waals surface area contributed by atoms with Gasteiger partial charge in [-0.2, -0.15) is 10.2 Å². The van der Waals surface area contributed by atoms with E-state index in [2.05, 4.69) is 37.3 Å². The fraction of sp³-hybridized carbons (Fsp3) is 0.529. The van der Waals surface area contributed by atoms with Gasteiger partial charge < -0.3 is 20.2 Å². The molecule has 1 atom stereocenters. The molecule has 0 aliphatic carbocycles. The lowest BCUT2D eigenvalue weighted by Gasteiger charge is -2.38. The van der Waals surface area contributed by atoms with Crippen LogP contribution in [-0.2, 0) is 16.1 Å². The van der Waals surface area contributed by atoms with Crippen LogP contribution in [-0.4, -0.2) is 113 Å². The summed E-state index contributed by atoms with van der Waals surface area (Å²) in [5.74, 6) is 0.114. The van der Waals surface area contributed by atoms with E-state index in [0.29, 0.717) is 68.5 Å². The lowest BCUT2D eigenvalue weighted by Crippen LogP contribution is -2.49. The van der Waals surface area contributed by atoms with Gasteiger partial charge in [0, 0.05) is 77.9 Å². The Morgan fingerprint density at radius 3 is 2.39 bits per heavy atom. The van der Waals surface area contributed by atoms with E-state index in [1.807, 2.05) is 35.2 Å². The Hall–Kier alpha value is -4.00. The first kappa shape index (κ1) is 33.4. The van der Waals surface area contributed by atoms with Gasteiger partial charge in [-0.15, -0.1) is 0 Å². The van der Waals surface area contributed by atoms with E-state index in [-0.39, 0.29) is 29.8 Å². The molecule has 2 amide bonds. The van der Waals surface area contributed by atoms with Crippen molar-refractivity contribution in [2.45, 2.75) is 50.7 Å². The SMILES string of the molecule is CN=NCCN1CCN(CCC(=O)Nc2ccc3c(=O)n(CC4(O)CCN(C(=O)C[C@@H](C)c5ccccc5)CC4)cnc3c2)CC1. The molecular formula is C34H46N8O4. The van der Waals surface area contributed by atoms with Gasteiger partial charge in [0.15, 0.2) is 0 Å². The quantitative estimate of drug-likeness (QED) is 0.294. The van der Waals surface area contributed by atoms with Crippen molar-refractivity contribution in [2.75, 3.05) is 71.3 Å². The van der Waals surface area contributed by atoms with Crippen LogP contribution in [0.3, 0.4) is 0 Å². The first-order chi connectivity index (χ1) is 22.2. The number of carbonyl (C=O) groups excluding carboxylic acids is 2. The zero-order chi connectivity index (χ0) is 32.5. The molecule has 2 fully saturated rings. The van der Waals surface area contributed by atoms with Gasteiger partial charge in [0.1, 0.15) is 0 Å².